The van der Waals surface area contributed by atoms with E-state index in [1.54, 1.807) is 0 Å². The van der Waals surface area contributed by atoms with Crippen molar-refractivity contribution in [1.29, 1.82) is 0 Å². The molecule has 4 heteroatoms. The molecule has 0 fully saturated rings. The van der Waals surface area contributed by atoms with Crippen LogP contribution < -0.4 is 5.19 Å². The summed E-state index contributed by atoms with van der Waals surface area (Å²) in [6, 6.07) is 10.7. The van der Waals surface area contributed by atoms with E-state index in [2.05, 4.69) is 57.3 Å². The van der Waals surface area contributed by atoms with Crippen LogP contribution in [0.25, 0.3) is 0 Å². The van der Waals surface area contributed by atoms with E-state index in [1.165, 1.54) is 5.19 Å². The van der Waals surface area contributed by atoms with Gasteiger partial charge in [0, 0.05) is 13.2 Å². The summed E-state index contributed by atoms with van der Waals surface area (Å²) in [5.74, 6) is 0. The van der Waals surface area contributed by atoms with Crippen molar-refractivity contribution in [1.82, 2.24) is 0 Å². The Morgan fingerprint density at radius 1 is 0.900 bits per heavy atom. The fourth-order valence-corrected chi connectivity index (χ4v) is 4.53. The van der Waals surface area contributed by atoms with Gasteiger partial charge in [-0.3, -0.25) is 0 Å². The van der Waals surface area contributed by atoms with Crippen molar-refractivity contribution in [3.63, 3.8) is 0 Å². The lowest BCUT2D eigenvalue weighted by Crippen LogP contribution is -2.59. The van der Waals surface area contributed by atoms with Crippen LogP contribution >= 0.6 is 0 Å². The van der Waals surface area contributed by atoms with Gasteiger partial charge in [0.2, 0.25) is 0 Å². The van der Waals surface area contributed by atoms with Crippen LogP contribution in [0, 0.1) is 0 Å². The van der Waals surface area contributed by atoms with Gasteiger partial charge < -0.3 is 9.31 Å². The van der Waals surface area contributed by atoms with Crippen molar-refractivity contribution < 1.29 is 9.31 Å². The second kappa shape index (κ2) is 9.37. The average molecular weight is 292 g/mol. The molecule has 0 aliphatic rings. The molecule has 0 amide bonds. The predicted octanol–water partition coefficient (Wildman–Crippen LogP) is 3.80. The zero-order valence-electron chi connectivity index (χ0n) is 13.5. The van der Waals surface area contributed by atoms with Gasteiger partial charge in [0.1, 0.15) is 7.94 Å². The van der Waals surface area contributed by atoms with Crippen LogP contribution in [0.3, 0.4) is 0 Å². The summed E-state index contributed by atoms with van der Waals surface area (Å²) in [5.41, 5.74) is 0. The third-order valence-corrected chi connectivity index (χ3v) is 6.97. The fourth-order valence-electron chi connectivity index (χ4n) is 2.14. The number of hydrogen-bond acceptors (Lipinski definition) is 2. The third-order valence-electron chi connectivity index (χ3n) is 3.64. The average Bonchev–Trinajstić information content (AvgIpc) is 2.47. The van der Waals surface area contributed by atoms with E-state index in [9.17, 15) is 0 Å². The Bertz CT molecular complexity index is 347. The number of unbranched alkanes of at least 4 members (excludes halogenated alkanes) is 2. The fraction of sp³-hybridized carbons (Fsp3) is 0.625. The Kier molecular flexibility index (Phi) is 8.19. The Morgan fingerprint density at radius 2 is 1.40 bits per heavy atom. The van der Waals surface area contributed by atoms with Crippen molar-refractivity contribution in [2.45, 2.75) is 52.6 Å². The summed E-state index contributed by atoms with van der Waals surface area (Å²) in [6.07, 6.45) is 4.53. The van der Waals surface area contributed by atoms with E-state index in [-0.39, 0.29) is 6.71 Å². The van der Waals surface area contributed by atoms with E-state index in [0.717, 1.165) is 38.9 Å². The molecule has 0 saturated heterocycles. The highest BCUT2D eigenvalue weighted by Gasteiger charge is 2.41. The van der Waals surface area contributed by atoms with Crippen LogP contribution in [0.4, 0.5) is 0 Å². The monoisotopic (exact) mass is 292 g/mol. The van der Waals surface area contributed by atoms with E-state index >= 15 is 0 Å². The Hall–Kier alpha value is -0.578. The first kappa shape index (κ1) is 17.5. The second-order valence-electron chi connectivity index (χ2n) is 5.87. The lowest BCUT2D eigenvalue weighted by molar-refractivity contribution is 0.205. The molecule has 20 heavy (non-hydrogen) atoms. The van der Waals surface area contributed by atoms with Gasteiger partial charge >= 0.3 is 6.71 Å². The first-order valence-electron chi connectivity index (χ1n) is 7.91. The molecule has 0 unspecified atom stereocenters. The highest BCUT2D eigenvalue weighted by Crippen LogP contribution is 2.12. The third kappa shape index (κ3) is 5.43. The summed E-state index contributed by atoms with van der Waals surface area (Å²) in [7, 11) is -1.75. The molecule has 0 heterocycles. The first-order chi connectivity index (χ1) is 9.62. The van der Waals surface area contributed by atoms with Gasteiger partial charge in [-0.2, -0.15) is 0 Å². The highest BCUT2D eigenvalue weighted by molar-refractivity contribution is 7.33. The van der Waals surface area contributed by atoms with Gasteiger partial charge in [0.05, 0.1) is 0 Å². The molecular formula is C16H29BO2Si. The summed E-state index contributed by atoms with van der Waals surface area (Å²) in [6.45, 7) is 10.6. The second-order valence-corrected chi connectivity index (χ2v) is 10.4. The highest BCUT2D eigenvalue weighted by atomic mass is 28.3. The minimum absolute atomic E-state index is 0.0389. The van der Waals surface area contributed by atoms with Gasteiger partial charge in [-0.1, -0.05) is 75.3 Å². The maximum Gasteiger partial charge on any atom is 0.437 e. The standard InChI is InChI=1S/C16H29BO2Si/c1-5-7-14-18-17(19-15-8-6-2)20(3,4)16-12-10-9-11-13-16/h9-13H,5-8,14-15H2,1-4H3. The lowest BCUT2D eigenvalue weighted by Gasteiger charge is -2.29. The smallest absolute Gasteiger partial charge is 0.414 e. The maximum atomic E-state index is 6.09. The largest absolute Gasteiger partial charge is 0.437 e. The number of benzene rings is 1. The molecule has 1 aromatic carbocycles. The molecule has 1 aromatic rings. The van der Waals surface area contributed by atoms with Gasteiger partial charge in [-0.25, -0.2) is 0 Å². The van der Waals surface area contributed by atoms with Gasteiger partial charge in [-0.15, -0.1) is 0 Å². The molecule has 0 N–H and O–H groups in total. The van der Waals surface area contributed by atoms with Gasteiger partial charge in [0.25, 0.3) is 0 Å². The summed E-state index contributed by atoms with van der Waals surface area (Å²) in [4.78, 5) is 0. The molecule has 0 saturated carbocycles. The normalized spacial score (nSPS) is 11.6. The molecule has 0 aromatic heterocycles. The molecule has 0 aliphatic carbocycles. The maximum absolute atomic E-state index is 6.09. The van der Waals surface area contributed by atoms with Crippen LogP contribution in [0.1, 0.15) is 39.5 Å². The van der Waals surface area contributed by atoms with E-state index in [1.807, 2.05) is 0 Å². The quantitative estimate of drug-likeness (QED) is 0.482. The SMILES string of the molecule is CCCCOB(OCCCC)[Si](C)(C)c1ccccc1. The molecule has 1 rings (SSSR count). The molecule has 112 valence electrons. The van der Waals surface area contributed by atoms with Crippen LogP contribution in [0.5, 0.6) is 0 Å². The van der Waals surface area contributed by atoms with Crippen molar-refractivity contribution >= 4 is 19.8 Å². The minimum Gasteiger partial charge on any atom is -0.414 e. The molecule has 0 bridgehead atoms. The summed E-state index contributed by atoms with van der Waals surface area (Å²) < 4.78 is 12.2. The van der Waals surface area contributed by atoms with Crippen LogP contribution in [0.2, 0.25) is 13.1 Å². The van der Waals surface area contributed by atoms with Crippen molar-refractivity contribution in [2.75, 3.05) is 13.2 Å². The molecule has 2 nitrogen and oxygen atoms in total. The lowest BCUT2D eigenvalue weighted by atomic mass is 10.3. The summed E-state index contributed by atoms with van der Waals surface area (Å²) >= 11 is 0. The van der Waals surface area contributed by atoms with Gasteiger partial charge in [0.15, 0.2) is 0 Å². The van der Waals surface area contributed by atoms with E-state index in [0.29, 0.717) is 0 Å². The van der Waals surface area contributed by atoms with E-state index < -0.39 is 7.94 Å². The number of rotatable bonds is 10. The van der Waals surface area contributed by atoms with Crippen molar-refractivity contribution in [2.24, 2.45) is 0 Å². The van der Waals surface area contributed by atoms with Gasteiger partial charge in [-0.05, 0) is 12.8 Å². The van der Waals surface area contributed by atoms with Crippen LogP contribution in [0.15, 0.2) is 30.3 Å². The van der Waals surface area contributed by atoms with Crippen molar-refractivity contribution in [3.05, 3.63) is 30.3 Å². The minimum atomic E-state index is -1.75. The zero-order valence-corrected chi connectivity index (χ0v) is 14.5. The van der Waals surface area contributed by atoms with Crippen LogP contribution in [-0.2, 0) is 9.31 Å². The van der Waals surface area contributed by atoms with E-state index in [4.69, 9.17) is 9.31 Å². The summed E-state index contributed by atoms with van der Waals surface area (Å²) in [5, 5.41) is 1.40. The Balaban J connectivity index is 2.72. The molecule has 0 atom stereocenters. The zero-order chi connectivity index (χ0) is 14.8. The molecule has 0 aliphatic heterocycles. The van der Waals surface area contributed by atoms with Crippen molar-refractivity contribution in [3.8, 4) is 0 Å². The molecular weight excluding hydrogens is 263 g/mol. The Morgan fingerprint density at radius 3 is 1.85 bits per heavy atom. The molecule has 0 spiro atoms. The number of hydrogen-bond donors (Lipinski definition) is 0. The Labute approximate surface area is 126 Å². The predicted molar refractivity (Wildman–Crippen MR) is 91.0 cm³/mol. The molecule has 0 radical (unpaired) electrons. The van der Waals surface area contributed by atoms with Crippen LogP contribution in [-0.4, -0.2) is 27.9 Å². The first-order valence-corrected chi connectivity index (χ1v) is 11.0. The topological polar surface area (TPSA) is 18.5 Å².